The number of anilines is 2. The van der Waals surface area contributed by atoms with Crippen LogP contribution in [0.5, 0.6) is 5.75 Å². The van der Waals surface area contributed by atoms with Crippen LogP contribution in [0.25, 0.3) is 22.0 Å². The van der Waals surface area contributed by atoms with Crippen LogP contribution in [0.3, 0.4) is 0 Å². The number of rotatable bonds is 12. The molecule has 0 unspecified atom stereocenters. The predicted molar refractivity (Wildman–Crippen MR) is 161 cm³/mol. The molecule has 2 aromatic carbocycles. The van der Waals surface area contributed by atoms with Gasteiger partial charge in [0.1, 0.15) is 11.3 Å². The van der Waals surface area contributed by atoms with E-state index in [1.807, 2.05) is 42.5 Å². The minimum atomic E-state index is -0.895. The Morgan fingerprint density at radius 3 is 2.83 bits per heavy atom. The van der Waals surface area contributed by atoms with Crippen LogP contribution in [-0.2, 0) is 16.1 Å². The fourth-order valence-corrected chi connectivity index (χ4v) is 5.07. The van der Waals surface area contributed by atoms with Gasteiger partial charge in [-0.05, 0) is 65.9 Å². The van der Waals surface area contributed by atoms with Crippen LogP contribution in [0.15, 0.2) is 60.9 Å². The lowest BCUT2D eigenvalue weighted by Gasteiger charge is -2.26. The van der Waals surface area contributed by atoms with Gasteiger partial charge in [0.15, 0.2) is 5.82 Å². The Kier molecular flexibility index (Phi) is 9.63. The highest BCUT2D eigenvalue weighted by atomic mass is 35.5. The molecule has 4 aromatic rings. The number of hydrogen-bond donors (Lipinski definition) is 3. The Morgan fingerprint density at radius 2 is 2.00 bits per heavy atom. The fourth-order valence-electron chi connectivity index (χ4n) is 4.90. The van der Waals surface area contributed by atoms with Crippen molar-refractivity contribution in [2.75, 3.05) is 51.3 Å². The number of carbonyl (C=O) groups is 1. The second-order valence-corrected chi connectivity index (χ2v) is 10.4. The summed E-state index contributed by atoms with van der Waals surface area (Å²) < 4.78 is 11.5. The topological polar surface area (TPSA) is 109 Å². The van der Waals surface area contributed by atoms with E-state index in [4.69, 9.17) is 26.2 Å². The lowest BCUT2D eigenvalue weighted by molar-refractivity contribution is -0.136. The number of benzene rings is 2. The summed E-state index contributed by atoms with van der Waals surface area (Å²) in [4.78, 5) is 22.3. The molecule has 1 saturated heterocycles. The predicted octanol–water partition coefficient (Wildman–Crippen LogP) is 5.28. The number of carboxylic acids is 1. The van der Waals surface area contributed by atoms with Crippen molar-refractivity contribution in [3.05, 3.63) is 77.1 Å². The molecule has 9 nitrogen and oxygen atoms in total. The molecule has 3 N–H and O–H groups in total. The SMILES string of the molecule is Cc1c(Nc2nccc3cc(CNCC(=O)O)cnc23)cccc1-c1ccc(Cl)c(OCCCN2CCOCC2)c1. The molecule has 1 aliphatic rings. The molecule has 0 atom stereocenters. The Morgan fingerprint density at radius 1 is 1.15 bits per heavy atom. The first-order valence-electron chi connectivity index (χ1n) is 13.7. The van der Waals surface area contributed by atoms with Crippen LogP contribution in [0.1, 0.15) is 17.5 Å². The van der Waals surface area contributed by atoms with Crippen molar-refractivity contribution in [2.24, 2.45) is 0 Å². The second kappa shape index (κ2) is 13.7. The van der Waals surface area contributed by atoms with Crippen LogP contribution >= 0.6 is 11.6 Å². The maximum absolute atomic E-state index is 10.8. The zero-order valence-corrected chi connectivity index (χ0v) is 23.8. The zero-order valence-electron chi connectivity index (χ0n) is 23.0. The minimum Gasteiger partial charge on any atom is -0.492 e. The lowest BCUT2D eigenvalue weighted by Crippen LogP contribution is -2.37. The third kappa shape index (κ3) is 7.51. The van der Waals surface area contributed by atoms with Crippen molar-refractivity contribution < 1.29 is 19.4 Å². The van der Waals surface area contributed by atoms with Gasteiger partial charge in [-0.1, -0.05) is 29.8 Å². The van der Waals surface area contributed by atoms with E-state index in [9.17, 15) is 4.79 Å². The summed E-state index contributed by atoms with van der Waals surface area (Å²) in [5, 5.41) is 16.7. The van der Waals surface area contributed by atoms with E-state index in [-0.39, 0.29) is 6.54 Å². The van der Waals surface area contributed by atoms with Gasteiger partial charge in [-0.2, -0.15) is 0 Å². The highest BCUT2D eigenvalue weighted by Gasteiger charge is 2.13. The van der Waals surface area contributed by atoms with Gasteiger partial charge in [0, 0.05) is 49.6 Å². The normalized spacial score (nSPS) is 13.8. The Balaban J connectivity index is 1.29. The molecule has 0 spiro atoms. The molecule has 0 amide bonds. The van der Waals surface area contributed by atoms with Gasteiger partial charge in [-0.3, -0.25) is 14.7 Å². The van der Waals surface area contributed by atoms with E-state index in [1.54, 1.807) is 12.4 Å². The third-order valence-electron chi connectivity index (χ3n) is 7.07. The monoisotopic (exact) mass is 575 g/mol. The third-order valence-corrected chi connectivity index (χ3v) is 7.38. The second-order valence-electron chi connectivity index (χ2n) is 9.98. The largest absolute Gasteiger partial charge is 0.492 e. The first-order valence-corrected chi connectivity index (χ1v) is 14.1. The highest BCUT2D eigenvalue weighted by molar-refractivity contribution is 6.32. The van der Waals surface area contributed by atoms with Crippen LogP contribution in [0.2, 0.25) is 5.02 Å². The number of morpholine rings is 1. The summed E-state index contributed by atoms with van der Waals surface area (Å²) in [6.45, 7) is 7.49. The number of carboxylic acid groups (broad SMARTS) is 1. The summed E-state index contributed by atoms with van der Waals surface area (Å²) in [7, 11) is 0. The van der Waals surface area contributed by atoms with Crippen molar-refractivity contribution in [3.63, 3.8) is 0 Å². The summed E-state index contributed by atoms with van der Waals surface area (Å²) in [6, 6.07) is 15.9. The highest BCUT2D eigenvalue weighted by Crippen LogP contribution is 2.35. The molecule has 10 heteroatoms. The van der Waals surface area contributed by atoms with Crippen LogP contribution in [0.4, 0.5) is 11.5 Å². The smallest absolute Gasteiger partial charge is 0.317 e. The van der Waals surface area contributed by atoms with E-state index >= 15 is 0 Å². The van der Waals surface area contributed by atoms with Crippen molar-refractivity contribution in [2.45, 2.75) is 19.9 Å². The summed E-state index contributed by atoms with van der Waals surface area (Å²) in [5.74, 6) is 0.430. The maximum Gasteiger partial charge on any atom is 0.317 e. The molecule has 214 valence electrons. The Bertz CT molecular complexity index is 1510. The van der Waals surface area contributed by atoms with E-state index in [0.717, 1.165) is 78.1 Å². The first kappa shape index (κ1) is 28.8. The summed E-state index contributed by atoms with van der Waals surface area (Å²) in [5.41, 5.74) is 5.68. The molecule has 1 aliphatic heterocycles. The molecule has 41 heavy (non-hydrogen) atoms. The number of pyridine rings is 2. The van der Waals surface area contributed by atoms with E-state index in [1.165, 1.54) is 0 Å². The Labute approximate surface area is 244 Å². The van der Waals surface area contributed by atoms with E-state index in [2.05, 4.69) is 38.5 Å². The number of halogens is 1. The summed E-state index contributed by atoms with van der Waals surface area (Å²) >= 11 is 6.49. The standard InChI is InChI=1S/C31H34ClN5O4/c1-21-25(23-6-7-26(32)28(17-23)41-13-3-10-37-11-14-40-15-12-37)4-2-5-27(21)36-31-30-24(8-9-34-31)16-22(19-35-30)18-33-20-29(38)39/h2,4-9,16-17,19,33H,3,10-15,18,20H2,1H3,(H,34,36)(H,38,39). The van der Waals surface area contributed by atoms with Gasteiger partial charge in [0.25, 0.3) is 0 Å². The van der Waals surface area contributed by atoms with Gasteiger partial charge in [0.05, 0.1) is 31.4 Å². The number of aromatic nitrogens is 2. The molecular formula is C31H34ClN5O4. The first-order chi connectivity index (χ1) is 20.0. The van der Waals surface area contributed by atoms with Crippen LogP contribution in [0, 0.1) is 6.92 Å². The maximum atomic E-state index is 10.8. The van der Waals surface area contributed by atoms with Crippen LogP contribution in [-0.4, -0.2) is 71.9 Å². The molecule has 0 radical (unpaired) electrons. The number of nitrogens with zero attached hydrogens (tertiary/aromatic N) is 3. The lowest BCUT2D eigenvalue weighted by atomic mass is 9.99. The van der Waals surface area contributed by atoms with Crippen LogP contribution < -0.4 is 15.4 Å². The quantitative estimate of drug-likeness (QED) is 0.194. The Hall–Kier alpha value is -3.76. The molecule has 2 aromatic heterocycles. The number of ether oxygens (including phenoxy) is 2. The van der Waals surface area contributed by atoms with Crippen molar-refractivity contribution >= 4 is 40.0 Å². The average molecular weight is 576 g/mol. The van der Waals surface area contributed by atoms with Gasteiger partial charge >= 0.3 is 5.97 Å². The van der Waals surface area contributed by atoms with Crippen molar-refractivity contribution in [1.82, 2.24) is 20.2 Å². The average Bonchev–Trinajstić information content (AvgIpc) is 2.98. The molecule has 0 aliphatic carbocycles. The molecule has 3 heterocycles. The molecule has 0 saturated carbocycles. The minimum absolute atomic E-state index is 0.104. The van der Waals surface area contributed by atoms with Crippen molar-refractivity contribution in [3.8, 4) is 16.9 Å². The number of fused-ring (bicyclic) bond motifs is 1. The zero-order chi connectivity index (χ0) is 28.6. The summed E-state index contributed by atoms with van der Waals surface area (Å²) in [6.07, 6.45) is 4.40. The molecular weight excluding hydrogens is 542 g/mol. The van der Waals surface area contributed by atoms with Gasteiger partial charge in [-0.25, -0.2) is 4.98 Å². The van der Waals surface area contributed by atoms with Gasteiger partial charge in [-0.15, -0.1) is 0 Å². The van der Waals surface area contributed by atoms with E-state index < -0.39 is 5.97 Å². The van der Waals surface area contributed by atoms with Crippen molar-refractivity contribution in [1.29, 1.82) is 0 Å². The van der Waals surface area contributed by atoms with Gasteiger partial charge in [0.2, 0.25) is 0 Å². The molecule has 5 rings (SSSR count). The molecule has 1 fully saturated rings. The number of hydrogen-bond acceptors (Lipinski definition) is 8. The fraction of sp³-hybridized carbons (Fsp3) is 0.323. The number of aliphatic carboxylic acids is 1. The van der Waals surface area contributed by atoms with Gasteiger partial charge < -0.3 is 25.2 Å². The van der Waals surface area contributed by atoms with E-state index in [0.29, 0.717) is 29.7 Å². The number of nitrogens with one attached hydrogen (secondary N) is 2. The molecule has 0 bridgehead atoms.